The maximum atomic E-state index is 13.5. The number of nitrogens with zero attached hydrogens (tertiary/aromatic N) is 2. The van der Waals surface area contributed by atoms with Gasteiger partial charge in [-0.3, -0.25) is 9.59 Å². The molecule has 29 heavy (non-hydrogen) atoms. The van der Waals surface area contributed by atoms with Crippen molar-refractivity contribution in [3.05, 3.63) is 59.3 Å². The van der Waals surface area contributed by atoms with Gasteiger partial charge in [-0.2, -0.15) is 0 Å². The summed E-state index contributed by atoms with van der Waals surface area (Å²) < 4.78 is 10.6. The van der Waals surface area contributed by atoms with Gasteiger partial charge in [0.2, 0.25) is 0 Å². The molecule has 0 spiro atoms. The van der Waals surface area contributed by atoms with Crippen molar-refractivity contribution in [3.63, 3.8) is 0 Å². The van der Waals surface area contributed by atoms with Crippen LogP contribution in [-0.2, 0) is 9.59 Å². The molecule has 1 aliphatic rings. The summed E-state index contributed by atoms with van der Waals surface area (Å²) in [6.45, 7) is 2.02. The van der Waals surface area contributed by atoms with Crippen molar-refractivity contribution in [2.45, 2.75) is 6.92 Å². The van der Waals surface area contributed by atoms with Crippen LogP contribution in [0.25, 0.3) is 5.57 Å². The molecule has 1 aliphatic heterocycles. The van der Waals surface area contributed by atoms with E-state index < -0.39 is 11.8 Å². The zero-order valence-corrected chi connectivity index (χ0v) is 16.9. The number of anilines is 1. The molecule has 152 valence electrons. The number of hydrogen-bond donors (Lipinski definition) is 1. The number of carbonyl (C=O) groups excluding carboxylic acids is 2. The van der Waals surface area contributed by atoms with Crippen molar-refractivity contribution in [1.82, 2.24) is 4.90 Å². The van der Waals surface area contributed by atoms with Gasteiger partial charge < -0.3 is 19.5 Å². The molecule has 0 radical (unpaired) electrons. The number of rotatable bonds is 7. The predicted molar refractivity (Wildman–Crippen MR) is 110 cm³/mol. The van der Waals surface area contributed by atoms with E-state index in [1.54, 1.807) is 30.1 Å². The van der Waals surface area contributed by atoms with Crippen LogP contribution in [0.2, 0.25) is 0 Å². The summed E-state index contributed by atoms with van der Waals surface area (Å²) in [5.74, 6) is -0.0597. The van der Waals surface area contributed by atoms with Gasteiger partial charge in [-0.1, -0.05) is 29.8 Å². The minimum Gasteiger partial charge on any atom is -0.497 e. The molecule has 7 nitrogen and oxygen atoms in total. The van der Waals surface area contributed by atoms with Crippen molar-refractivity contribution in [1.29, 1.82) is 0 Å². The number of ether oxygens (including phenoxy) is 2. The lowest BCUT2D eigenvalue weighted by Crippen LogP contribution is -2.35. The van der Waals surface area contributed by atoms with Gasteiger partial charge in [0.25, 0.3) is 11.8 Å². The van der Waals surface area contributed by atoms with E-state index in [0.717, 1.165) is 10.5 Å². The van der Waals surface area contributed by atoms with E-state index in [-0.39, 0.29) is 24.4 Å². The Bertz CT molecular complexity index is 966. The van der Waals surface area contributed by atoms with E-state index in [4.69, 9.17) is 9.47 Å². The number of benzene rings is 2. The number of imide groups is 1. The maximum Gasteiger partial charge on any atom is 0.282 e. The third-order valence-corrected chi connectivity index (χ3v) is 4.84. The van der Waals surface area contributed by atoms with E-state index in [9.17, 15) is 14.7 Å². The van der Waals surface area contributed by atoms with Crippen LogP contribution < -0.4 is 14.4 Å². The monoisotopic (exact) mass is 396 g/mol. The number of aryl methyl sites for hydroxylation is 1. The quantitative estimate of drug-likeness (QED) is 0.723. The first-order chi connectivity index (χ1) is 13.9. The summed E-state index contributed by atoms with van der Waals surface area (Å²) in [7, 11) is 4.66. The van der Waals surface area contributed by atoms with Gasteiger partial charge in [0.05, 0.1) is 32.1 Å². The Kier molecular flexibility index (Phi) is 5.89. The molecule has 2 aromatic carbocycles. The van der Waals surface area contributed by atoms with Crippen LogP contribution in [0.5, 0.6) is 11.5 Å². The van der Waals surface area contributed by atoms with Crippen LogP contribution in [0.3, 0.4) is 0 Å². The molecule has 0 aromatic heterocycles. The van der Waals surface area contributed by atoms with E-state index in [2.05, 4.69) is 0 Å². The zero-order chi connectivity index (χ0) is 21.1. The Hall–Kier alpha value is -3.32. The molecule has 3 rings (SSSR count). The number of hydrogen-bond acceptors (Lipinski definition) is 6. The topological polar surface area (TPSA) is 79.3 Å². The third-order valence-electron chi connectivity index (χ3n) is 4.84. The highest BCUT2D eigenvalue weighted by atomic mass is 16.5. The van der Waals surface area contributed by atoms with Crippen LogP contribution in [0.1, 0.15) is 11.1 Å². The molecule has 0 fully saturated rings. The van der Waals surface area contributed by atoms with Gasteiger partial charge in [0.1, 0.15) is 17.2 Å². The summed E-state index contributed by atoms with van der Waals surface area (Å²) in [6.07, 6.45) is 0. The van der Waals surface area contributed by atoms with Gasteiger partial charge in [-0.15, -0.1) is 0 Å². The summed E-state index contributed by atoms with van der Waals surface area (Å²) in [5.41, 5.74) is 2.51. The zero-order valence-electron chi connectivity index (χ0n) is 16.9. The molecular weight excluding hydrogens is 372 g/mol. The third kappa shape index (κ3) is 3.69. The van der Waals surface area contributed by atoms with Crippen LogP contribution in [0.4, 0.5) is 5.69 Å². The summed E-state index contributed by atoms with van der Waals surface area (Å²) in [6, 6.07) is 12.3. The van der Waals surface area contributed by atoms with Crippen molar-refractivity contribution >= 4 is 23.1 Å². The largest absolute Gasteiger partial charge is 0.497 e. The van der Waals surface area contributed by atoms with Crippen LogP contribution >= 0.6 is 0 Å². The lowest BCUT2D eigenvalue weighted by molar-refractivity contribution is -0.120. The van der Waals surface area contributed by atoms with E-state index in [1.165, 1.54) is 14.2 Å². The molecule has 0 saturated heterocycles. The summed E-state index contributed by atoms with van der Waals surface area (Å²) in [4.78, 5) is 29.5. The van der Waals surface area contributed by atoms with E-state index >= 15 is 0 Å². The van der Waals surface area contributed by atoms with E-state index in [0.29, 0.717) is 22.7 Å². The van der Waals surface area contributed by atoms with Gasteiger partial charge in [-0.25, -0.2) is 4.90 Å². The second-order valence-electron chi connectivity index (χ2n) is 6.72. The molecule has 7 heteroatoms. The van der Waals surface area contributed by atoms with Crippen LogP contribution in [0.15, 0.2) is 48.2 Å². The molecule has 2 aromatic rings. The number of aliphatic hydroxyl groups excluding tert-OH is 1. The Labute approximate surface area is 169 Å². The fourth-order valence-corrected chi connectivity index (χ4v) is 3.30. The van der Waals surface area contributed by atoms with Crippen molar-refractivity contribution in [2.24, 2.45) is 0 Å². The minimum absolute atomic E-state index is 0.148. The summed E-state index contributed by atoms with van der Waals surface area (Å²) >= 11 is 0. The van der Waals surface area contributed by atoms with Gasteiger partial charge >= 0.3 is 0 Å². The number of likely N-dealkylation sites (N-methyl/N-ethyl adjacent to an activating group) is 1. The Balaban J connectivity index is 2.17. The maximum absolute atomic E-state index is 13.5. The fraction of sp³-hybridized carbons (Fsp3) is 0.273. The normalized spacial score (nSPS) is 13.9. The molecular formula is C22H24N2O5. The molecule has 2 amide bonds. The molecule has 0 saturated carbocycles. The molecule has 1 N–H and O–H groups in total. The molecule has 0 unspecified atom stereocenters. The standard InChI is InChI=1S/C22H24N2O5/c1-14-5-7-15(8-6-14)19-20(23(2)11-12-25)22(27)24(21(19)26)17-13-16(28-3)9-10-18(17)29-4/h5-10,13,25H,11-12H2,1-4H3. The molecule has 0 bridgehead atoms. The second-order valence-corrected chi connectivity index (χ2v) is 6.72. The van der Waals surface area contributed by atoms with Gasteiger partial charge in [0, 0.05) is 19.7 Å². The number of aliphatic hydroxyl groups is 1. The molecule has 0 atom stereocenters. The Morgan fingerprint density at radius 3 is 2.28 bits per heavy atom. The second kappa shape index (κ2) is 8.36. The highest BCUT2D eigenvalue weighted by molar-refractivity contribution is 6.45. The highest BCUT2D eigenvalue weighted by Gasteiger charge is 2.42. The first-order valence-electron chi connectivity index (χ1n) is 9.17. The average Bonchev–Trinajstić information content (AvgIpc) is 2.98. The minimum atomic E-state index is -0.479. The van der Waals surface area contributed by atoms with Gasteiger partial charge in [0.15, 0.2) is 0 Å². The van der Waals surface area contributed by atoms with Gasteiger partial charge in [-0.05, 0) is 24.6 Å². The van der Waals surface area contributed by atoms with Crippen molar-refractivity contribution < 1.29 is 24.2 Å². The van der Waals surface area contributed by atoms with E-state index in [1.807, 2.05) is 31.2 Å². The Morgan fingerprint density at radius 2 is 1.69 bits per heavy atom. The first-order valence-corrected chi connectivity index (χ1v) is 9.17. The Morgan fingerprint density at radius 1 is 1.00 bits per heavy atom. The number of carbonyl (C=O) groups is 2. The number of methoxy groups -OCH3 is 2. The first kappa shape index (κ1) is 20.4. The van der Waals surface area contributed by atoms with Crippen LogP contribution in [-0.4, -0.2) is 56.2 Å². The number of amides is 2. The molecule has 0 aliphatic carbocycles. The lowest BCUT2D eigenvalue weighted by Gasteiger charge is -2.21. The average molecular weight is 396 g/mol. The summed E-state index contributed by atoms with van der Waals surface area (Å²) in [5, 5.41) is 9.37. The van der Waals surface area contributed by atoms with Crippen LogP contribution in [0, 0.1) is 6.92 Å². The van der Waals surface area contributed by atoms with Crippen molar-refractivity contribution in [2.75, 3.05) is 39.3 Å². The SMILES string of the molecule is COc1ccc(OC)c(N2C(=O)C(c3ccc(C)cc3)=C(N(C)CCO)C2=O)c1. The van der Waals surface area contributed by atoms with Crippen molar-refractivity contribution in [3.8, 4) is 11.5 Å². The fourth-order valence-electron chi connectivity index (χ4n) is 3.30. The smallest absolute Gasteiger partial charge is 0.282 e. The highest BCUT2D eigenvalue weighted by Crippen LogP contribution is 2.40. The molecule has 1 heterocycles. The lowest BCUT2D eigenvalue weighted by atomic mass is 10.0. The predicted octanol–water partition coefficient (Wildman–Crippen LogP) is 2.22.